The number of fused-ring (bicyclic) bond motifs is 2. The maximum atomic E-state index is 14.5. The Morgan fingerprint density at radius 2 is 1.09 bits per heavy atom. The Labute approximate surface area is 377 Å². The molecule has 6 atom stereocenters. The number of likely N-dealkylation sites (tertiary alicyclic amines) is 2. The third-order valence-electron chi connectivity index (χ3n) is 13.4. The second-order valence-electron chi connectivity index (χ2n) is 18.3. The van der Waals surface area contributed by atoms with E-state index in [1.165, 1.54) is 26.4 Å². The van der Waals surface area contributed by atoms with Gasteiger partial charge in [-0.15, -0.1) is 0 Å². The molecule has 5 heterocycles. The highest BCUT2D eigenvalue weighted by molar-refractivity contribution is 5.87. The molecule has 4 N–H and O–H groups in total. The van der Waals surface area contributed by atoms with Crippen molar-refractivity contribution in [3.63, 3.8) is 0 Å². The molecule has 65 heavy (non-hydrogen) atoms. The maximum Gasteiger partial charge on any atom is 0.407 e. The van der Waals surface area contributed by atoms with Crippen molar-refractivity contribution in [1.29, 1.82) is 0 Å². The van der Waals surface area contributed by atoms with Crippen LogP contribution in [0.25, 0.3) is 22.1 Å². The number of nitrogens with one attached hydrogen (secondary N) is 4. The van der Waals surface area contributed by atoms with Crippen molar-refractivity contribution in [3.05, 3.63) is 89.0 Å². The van der Waals surface area contributed by atoms with Gasteiger partial charge in [0.05, 0.1) is 60.5 Å². The van der Waals surface area contributed by atoms with Crippen LogP contribution in [-0.4, -0.2) is 93.1 Å². The zero-order valence-electron chi connectivity index (χ0n) is 38.0. The first kappa shape index (κ1) is 45.3. The summed E-state index contributed by atoms with van der Waals surface area (Å²) in [5, 5.41) is 5.41. The predicted molar refractivity (Wildman–Crippen MR) is 241 cm³/mol. The van der Waals surface area contributed by atoms with Crippen molar-refractivity contribution in [2.75, 3.05) is 32.2 Å². The smallest absolute Gasteiger partial charge is 0.407 e. The van der Waals surface area contributed by atoms with E-state index in [1.807, 2.05) is 39.8 Å². The molecular weight excluding hydrogens is 837 g/mol. The lowest BCUT2D eigenvalue weighted by atomic mass is 10.0. The van der Waals surface area contributed by atoms with Crippen LogP contribution in [0.5, 0.6) is 0 Å². The second-order valence-corrected chi connectivity index (χ2v) is 18.3. The minimum atomic E-state index is -2.99. The van der Waals surface area contributed by atoms with Gasteiger partial charge < -0.3 is 44.8 Å². The highest BCUT2D eigenvalue weighted by Crippen LogP contribution is 2.48. The zero-order valence-corrected chi connectivity index (χ0v) is 38.0. The number of hydrogen-bond donors (Lipinski definition) is 4. The minimum Gasteiger partial charge on any atom is -0.453 e. The Morgan fingerprint density at radius 1 is 0.662 bits per heavy atom. The van der Waals surface area contributed by atoms with E-state index in [0.29, 0.717) is 24.7 Å². The number of alkyl carbamates (subject to hydrolysis) is 2. The van der Waals surface area contributed by atoms with Gasteiger partial charge in [0.1, 0.15) is 23.7 Å². The third-order valence-corrected chi connectivity index (χ3v) is 13.4. The van der Waals surface area contributed by atoms with Gasteiger partial charge in [-0.2, -0.15) is 0 Å². The predicted octanol–water partition coefficient (Wildman–Crippen LogP) is 8.72. The Morgan fingerprint density at radius 3 is 1.48 bits per heavy atom. The molecule has 17 heteroatoms. The number of methoxy groups -OCH3 is 2. The first-order chi connectivity index (χ1) is 31.1. The minimum absolute atomic E-state index is 0.0631. The number of hydrogen-bond acceptors (Lipinski definition) is 9. The van der Waals surface area contributed by atoms with Crippen molar-refractivity contribution in [2.45, 2.75) is 115 Å². The Bertz CT molecular complexity index is 2410. The normalized spacial score (nSPS) is 21.1. The van der Waals surface area contributed by atoms with Crippen molar-refractivity contribution in [2.24, 2.45) is 11.8 Å². The Balaban J connectivity index is 1.09. The lowest BCUT2D eigenvalue weighted by Crippen LogP contribution is -2.51. The van der Waals surface area contributed by atoms with E-state index in [9.17, 15) is 28.0 Å². The number of rotatable bonds is 12. The number of aromatic nitrogens is 4. The summed E-state index contributed by atoms with van der Waals surface area (Å²) in [4.78, 5) is 74.8. The van der Waals surface area contributed by atoms with E-state index in [0.717, 1.165) is 84.3 Å². The topological polar surface area (TPSA) is 178 Å². The molecule has 3 saturated heterocycles. The number of H-pyrrole nitrogens is 2. The molecule has 3 aromatic carbocycles. The summed E-state index contributed by atoms with van der Waals surface area (Å²) >= 11 is 0. The molecule has 15 nitrogen and oxygen atoms in total. The van der Waals surface area contributed by atoms with Gasteiger partial charge in [-0.25, -0.2) is 28.3 Å². The molecule has 0 radical (unpaired) electrons. The summed E-state index contributed by atoms with van der Waals surface area (Å²) in [6, 6.07) is 16.5. The third kappa shape index (κ3) is 9.06. The van der Waals surface area contributed by atoms with Crippen LogP contribution in [-0.2, 0) is 25.0 Å². The van der Waals surface area contributed by atoms with Gasteiger partial charge in [0.15, 0.2) is 0 Å². The van der Waals surface area contributed by atoms with E-state index >= 15 is 0 Å². The van der Waals surface area contributed by atoms with Crippen LogP contribution in [0.1, 0.15) is 126 Å². The molecule has 0 saturated carbocycles. The van der Waals surface area contributed by atoms with E-state index in [4.69, 9.17) is 19.4 Å². The summed E-state index contributed by atoms with van der Waals surface area (Å²) in [5.74, 6) is -2.32. The van der Waals surface area contributed by atoms with Crippen molar-refractivity contribution in [1.82, 2.24) is 40.4 Å². The molecule has 5 aromatic rings. The van der Waals surface area contributed by atoms with Crippen molar-refractivity contribution < 1.29 is 37.4 Å². The summed E-state index contributed by atoms with van der Waals surface area (Å²) in [6.45, 7) is 9.52. The van der Waals surface area contributed by atoms with E-state index < -0.39 is 30.2 Å². The van der Waals surface area contributed by atoms with Crippen LogP contribution in [0.2, 0.25) is 0 Å². The summed E-state index contributed by atoms with van der Waals surface area (Å²) < 4.78 is 38.5. The fraction of sp³-hybridized carbons (Fsp3) is 0.500. The molecule has 0 spiro atoms. The summed E-state index contributed by atoms with van der Waals surface area (Å²) in [7, 11) is 2.55. The molecule has 0 aliphatic carbocycles. The van der Waals surface area contributed by atoms with Crippen LogP contribution in [0, 0.1) is 11.8 Å². The number of alkyl halides is 2. The quantitative estimate of drug-likeness (QED) is 0.0954. The molecule has 3 fully saturated rings. The van der Waals surface area contributed by atoms with Crippen molar-refractivity contribution in [3.8, 4) is 0 Å². The number of aromatic amines is 2. The van der Waals surface area contributed by atoms with Gasteiger partial charge >= 0.3 is 12.2 Å². The van der Waals surface area contributed by atoms with Gasteiger partial charge in [0.25, 0.3) is 5.92 Å². The first-order valence-corrected chi connectivity index (χ1v) is 22.6. The first-order valence-electron chi connectivity index (χ1n) is 22.6. The number of imidazole rings is 2. The number of halogens is 2. The van der Waals surface area contributed by atoms with Gasteiger partial charge in [-0.3, -0.25) is 9.59 Å². The number of anilines is 1. The van der Waals surface area contributed by atoms with Crippen LogP contribution in [0.15, 0.2) is 60.7 Å². The highest BCUT2D eigenvalue weighted by atomic mass is 19.3. The number of ether oxygens (including phenoxy) is 2. The zero-order chi connectivity index (χ0) is 46.3. The van der Waals surface area contributed by atoms with E-state index in [-0.39, 0.29) is 53.4 Å². The highest BCUT2D eigenvalue weighted by Gasteiger charge is 2.41. The standard InChI is InChI=1S/C48H59F2N9O6/c1-26(2)40(55-46(62)64-6)44(60)57-22-8-10-38(57)42-51-32-18-12-28(24-34(32)53-42)36-20-21-37(59(36)31-16-14-30(15-17-31)48(5,49)50)29-13-19-33-35(25-29)54-43(52-33)39-11-9-23-58(39)45(61)41(27(3)4)56-47(63)65-7/h12-19,24-27,36-41H,8-11,20-23H2,1-7H3,(H,51,53)(H,52,54)(H,55,62)(H,56,63)/t36?,37?,38-,39-,40-,41?/m0/s1. The van der Waals surface area contributed by atoms with E-state index in [1.54, 1.807) is 21.9 Å². The molecular formula is C48H59F2N9O6. The van der Waals surface area contributed by atoms with Gasteiger partial charge in [-0.05, 0) is 97.9 Å². The molecule has 4 amide bonds. The maximum absolute atomic E-state index is 14.5. The number of carbonyl (C=O) groups is 4. The molecule has 3 aliphatic rings. The number of amides is 4. The lowest BCUT2D eigenvalue weighted by molar-refractivity contribution is -0.136. The molecule has 3 aliphatic heterocycles. The SMILES string of the molecule is COC(=O)NC(C(=O)N1CCC[C@H]1c1nc2ccc(C3CCC(c4ccc5nc([C@@H]6CCCN6C(=O)[C@@H](NC(=O)OC)C(C)C)[nH]c5c4)N3c3ccc(C(C)(F)F)cc3)cc2[nH]1)C(C)C. The Kier molecular flexibility index (Phi) is 12.8. The average Bonchev–Trinajstić information content (AvgIpc) is 4.14. The number of benzene rings is 3. The summed E-state index contributed by atoms with van der Waals surface area (Å²) in [6.07, 6.45) is 3.27. The molecule has 8 rings (SSSR count). The van der Waals surface area contributed by atoms with Crippen LogP contribution >= 0.6 is 0 Å². The lowest BCUT2D eigenvalue weighted by Gasteiger charge is -2.33. The van der Waals surface area contributed by atoms with Gasteiger partial charge in [0, 0.05) is 31.3 Å². The molecule has 2 aromatic heterocycles. The molecule has 0 bridgehead atoms. The van der Waals surface area contributed by atoms with Gasteiger partial charge in [0.2, 0.25) is 11.8 Å². The van der Waals surface area contributed by atoms with E-state index in [2.05, 4.69) is 49.8 Å². The van der Waals surface area contributed by atoms with Crippen molar-refractivity contribution >= 4 is 51.8 Å². The largest absolute Gasteiger partial charge is 0.453 e. The Hall–Kier alpha value is -6.26. The number of carbonyl (C=O) groups excluding carboxylic acids is 4. The van der Waals surface area contributed by atoms with Crippen LogP contribution < -0.4 is 15.5 Å². The number of nitrogens with zero attached hydrogens (tertiary/aromatic N) is 5. The molecule has 346 valence electrons. The fourth-order valence-electron chi connectivity index (χ4n) is 9.96. The molecule has 3 unspecified atom stereocenters. The monoisotopic (exact) mass is 895 g/mol. The van der Waals surface area contributed by atoms with Crippen LogP contribution in [0.4, 0.5) is 24.1 Å². The average molecular weight is 896 g/mol. The second kappa shape index (κ2) is 18.3. The fourth-order valence-corrected chi connectivity index (χ4v) is 9.96. The summed E-state index contributed by atoms with van der Waals surface area (Å²) in [5.41, 5.74) is 5.96. The van der Waals surface area contributed by atoms with Crippen LogP contribution in [0.3, 0.4) is 0 Å². The van der Waals surface area contributed by atoms with Gasteiger partial charge in [-0.1, -0.05) is 52.0 Å².